The van der Waals surface area contributed by atoms with Gasteiger partial charge in [-0.15, -0.1) is 0 Å². The molecule has 0 fully saturated rings. The number of ether oxygens (including phenoxy) is 4. The third-order valence-corrected chi connectivity index (χ3v) is 4.84. The minimum absolute atomic E-state index is 0.243. The van der Waals surface area contributed by atoms with Crippen LogP contribution in [0.1, 0.15) is 57.8 Å². The summed E-state index contributed by atoms with van der Waals surface area (Å²) >= 11 is 0. The van der Waals surface area contributed by atoms with Crippen LogP contribution < -0.4 is 11.5 Å². The SMILES string of the molecule is COC(CCCC(CCCC(N)=O)(CCCC(OC)OC)C(N)=O)OC. The second kappa shape index (κ2) is 13.9. The zero-order valence-corrected chi connectivity index (χ0v) is 16.6. The average Bonchev–Trinajstić information content (AvgIpc) is 2.61. The molecule has 0 aliphatic heterocycles. The van der Waals surface area contributed by atoms with E-state index in [1.54, 1.807) is 28.4 Å². The Morgan fingerprint density at radius 3 is 1.46 bits per heavy atom. The van der Waals surface area contributed by atoms with E-state index < -0.39 is 5.41 Å². The van der Waals surface area contributed by atoms with Gasteiger partial charge in [0.1, 0.15) is 0 Å². The summed E-state index contributed by atoms with van der Waals surface area (Å²) in [5, 5.41) is 0. The minimum Gasteiger partial charge on any atom is -0.370 e. The molecule has 0 aromatic rings. The number of hydrogen-bond acceptors (Lipinski definition) is 6. The zero-order valence-electron chi connectivity index (χ0n) is 16.6. The second-order valence-corrected chi connectivity index (χ2v) is 6.55. The van der Waals surface area contributed by atoms with Gasteiger partial charge in [-0.3, -0.25) is 9.59 Å². The van der Waals surface area contributed by atoms with Crippen molar-refractivity contribution in [1.82, 2.24) is 0 Å². The Bertz CT molecular complexity index is 379. The van der Waals surface area contributed by atoms with Gasteiger partial charge in [-0.05, 0) is 51.4 Å². The predicted molar refractivity (Wildman–Crippen MR) is 98.0 cm³/mol. The molecular weight excluding hydrogens is 340 g/mol. The molecule has 0 unspecified atom stereocenters. The Balaban J connectivity index is 4.92. The molecule has 2 amide bonds. The van der Waals surface area contributed by atoms with E-state index in [1.807, 2.05) is 0 Å². The fourth-order valence-electron chi connectivity index (χ4n) is 3.22. The Labute approximate surface area is 156 Å². The van der Waals surface area contributed by atoms with Gasteiger partial charge in [-0.1, -0.05) is 0 Å². The lowest BCUT2D eigenvalue weighted by molar-refractivity contribution is -0.132. The molecular formula is C18H36N2O6. The van der Waals surface area contributed by atoms with Crippen molar-refractivity contribution in [2.75, 3.05) is 28.4 Å². The van der Waals surface area contributed by atoms with Gasteiger partial charge >= 0.3 is 0 Å². The number of rotatable bonds is 17. The van der Waals surface area contributed by atoms with E-state index in [-0.39, 0.29) is 30.8 Å². The molecule has 0 aliphatic carbocycles. The zero-order chi connectivity index (χ0) is 20.0. The van der Waals surface area contributed by atoms with Gasteiger partial charge in [0.2, 0.25) is 11.8 Å². The quantitative estimate of drug-likeness (QED) is 0.372. The Morgan fingerprint density at radius 2 is 1.15 bits per heavy atom. The van der Waals surface area contributed by atoms with Crippen molar-refractivity contribution in [3.8, 4) is 0 Å². The Morgan fingerprint density at radius 1 is 0.769 bits per heavy atom. The van der Waals surface area contributed by atoms with Crippen molar-refractivity contribution < 1.29 is 28.5 Å². The highest BCUT2D eigenvalue weighted by atomic mass is 16.7. The van der Waals surface area contributed by atoms with Crippen LogP contribution in [0.3, 0.4) is 0 Å². The molecule has 0 spiro atoms. The molecule has 0 saturated heterocycles. The normalized spacial score (nSPS) is 12.1. The van der Waals surface area contributed by atoms with Crippen molar-refractivity contribution in [2.24, 2.45) is 16.9 Å². The molecule has 0 heterocycles. The first-order chi connectivity index (χ1) is 12.3. The van der Waals surface area contributed by atoms with E-state index in [1.165, 1.54) is 0 Å². The van der Waals surface area contributed by atoms with Crippen LogP contribution in [0.25, 0.3) is 0 Å². The molecule has 0 aromatic carbocycles. The van der Waals surface area contributed by atoms with Gasteiger partial charge in [-0.2, -0.15) is 0 Å². The third-order valence-electron chi connectivity index (χ3n) is 4.84. The fraction of sp³-hybridized carbons (Fsp3) is 0.889. The molecule has 8 heteroatoms. The van der Waals surface area contributed by atoms with E-state index in [0.717, 1.165) is 12.8 Å². The van der Waals surface area contributed by atoms with Crippen molar-refractivity contribution in [3.05, 3.63) is 0 Å². The standard InChI is InChI=1S/C18H36N2O6/c1-23-15(24-2)9-6-12-18(17(20)22,11-5-8-14(19)21)13-7-10-16(25-3)26-4/h15-16H,5-13H2,1-4H3,(H2,19,21)(H2,20,22). The Kier molecular flexibility index (Phi) is 13.3. The predicted octanol–water partition coefficient (Wildman–Crippen LogP) is 1.69. The lowest BCUT2D eigenvalue weighted by Gasteiger charge is -2.32. The number of primary amides is 2. The molecule has 0 atom stereocenters. The monoisotopic (exact) mass is 376 g/mol. The average molecular weight is 376 g/mol. The van der Waals surface area contributed by atoms with Gasteiger partial charge in [0.25, 0.3) is 0 Å². The maximum Gasteiger partial charge on any atom is 0.223 e. The summed E-state index contributed by atoms with van der Waals surface area (Å²) < 4.78 is 20.8. The van der Waals surface area contributed by atoms with Gasteiger partial charge < -0.3 is 30.4 Å². The summed E-state index contributed by atoms with van der Waals surface area (Å²) in [7, 11) is 6.33. The molecule has 0 radical (unpaired) electrons. The highest BCUT2D eigenvalue weighted by Gasteiger charge is 2.35. The first kappa shape index (κ1) is 24.8. The number of carbonyl (C=O) groups is 2. The number of hydrogen-bond donors (Lipinski definition) is 2. The molecule has 0 rings (SSSR count). The van der Waals surface area contributed by atoms with Gasteiger partial charge in [0.05, 0.1) is 0 Å². The van der Waals surface area contributed by atoms with Crippen LogP contribution in [0, 0.1) is 5.41 Å². The van der Waals surface area contributed by atoms with Crippen LogP contribution in [0.2, 0.25) is 0 Å². The van der Waals surface area contributed by atoms with E-state index >= 15 is 0 Å². The summed E-state index contributed by atoms with van der Waals surface area (Å²) in [5.74, 6) is -0.722. The van der Waals surface area contributed by atoms with Crippen molar-refractivity contribution in [2.45, 2.75) is 70.4 Å². The van der Waals surface area contributed by atoms with Crippen LogP contribution in [0.5, 0.6) is 0 Å². The third kappa shape index (κ3) is 9.47. The summed E-state index contributed by atoms with van der Waals surface area (Å²) in [6, 6.07) is 0. The van der Waals surface area contributed by atoms with Gasteiger partial charge in [0.15, 0.2) is 12.6 Å². The molecule has 0 bridgehead atoms. The van der Waals surface area contributed by atoms with E-state index in [4.69, 9.17) is 30.4 Å². The molecule has 8 nitrogen and oxygen atoms in total. The maximum atomic E-state index is 12.3. The van der Waals surface area contributed by atoms with Crippen LogP contribution in [0.15, 0.2) is 0 Å². The van der Waals surface area contributed by atoms with Crippen molar-refractivity contribution >= 4 is 11.8 Å². The fourth-order valence-corrected chi connectivity index (χ4v) is 3.22. The first-order valence-corrected chi connectivity index (χ1v) is 9.04. The summed E-state index contributed by atoms with van der Waals surface area (Å²) in [6.45, 7) is 0. The summed E-state index contributed by atoms with van der Waals surface area (Å²) in [4.78, 5) is 23.4. The smallest absolute Gasteiger partial charge is 0.223 e. The highest BCUT2D eigenvalue weighted by molar-refractivity contribution is 5.81. The lowest BCUT2D eigenvalue weighted by Crippen LogP contribution is -2.38. The number of amides is 2. The highest BCUT2D eigenvalue weighted by Crippen LogP contribution is 2.37. The molecule has 154 valence electrons. The molecule has 0 aliphatic rings. The van der Waals surface area contributed by atoms with Gasteiger partial charge in [-0.25, -0.2) is 0 Å². The van der Waals surface area contributed by atoms with Crippen LogP contribution in [-0.2, 0) is 28.5 Å². The first-order valence-electron chi connectivity index (χ1n) is 9.04. The van der Waals surface area contributed by atoms with Crippen LogP contribution in [-0.4, -0.2) is 52.8 Å². The second-order valence-electron chi connectivity index (χ2n) is 6.55. The number of nitrogens with two attached hydrogens (primary N) is 2. The minimum atomic E-state index is -0.687. The maximum absolute atomic E-state index is 12.3. The van der Waals surface area contributed by atoms with Gasteiger partial charge in [0, 0.05) is 40.3 Å². The van der Waals surface area contributed by atoms with Crippen LogP contribution >= 0.6 is 0 Å². The van der Waals surface area contributed by atoms with E-state index in [9.17, 15) is 9.59 Å². The largest absolute Gasteiger partial charge is 0.370 e. The van der Waals surface area contributed by atoms with E-state index in [2.05, 4.69) is 0 Å². The molecule has 0 saturated carbocycles. The lowest BCUT2D eigenvalue weighted by atomic mass is 9.73. The molecule has 4 N–H and O–H groups in total. The Hall–Kier alpha value is -1.22. The van der Waals surface area contributed by atoms with E-state index in [0.29, 0.717) is 38.5 Å². The van der Waals surface area contributed by atoms with Crippen LogP contribution in [0.4, 0.5) is 0 Å². The van der Waals surface area contributed by atoms with Crippen molar-refractivity contribution in [3.63, 3.8) is 0 Å². The summed E-state index contributed by atoms with van der Waals surface area (Å²) in [6.07, 6.45) is 4.68. The number of carbonyl (C=O) groups excluding carboxylic acids is 2. The van der Waals surface area contributed by atoms with Crippen molar-refractivity contribution in [1.29, 1.82) is 0 Å². The topological polar surface area (TPSA) is 123 Å². The summed E-state index contributed by atoms with van der Waals surface area (Å²) in [5.41, 5.74) is 10.3. The number of methoxy groups -OCH3 is 4. The molecule has 0 aromatic heterocycles. The molecule has 26 heavy (non-hydrogen) atoms.